The second kappa shape index (κ2) is 8.02. The van der Waals surface area contributed by atoms with Gasteiger partial charge in [-0.3, -0.25) is 14.9 Å². The van der Waals surface area contributed by atoms with Crippen LogP contribution in [-0.2, 0) is 6.54 Å². The fraction of sp³-hybridized carbons (Fsp3) is 0.0588. The molecule has 0 aliphatic heterocycles. The smallest absolute Gasteiger partial charge is 0.358 e. The van der Waals surface area contributed by atoms with Crippen molar-refractivity contribution < 1.29 is 19.0 Å². The topological polar surface area (TPSA) is 133 Å². The van der Waals surface area contributed by atoms with Crippen LogP contribution in [0.3, 0.4) is 0 Å². The van der Waals surface area contributed by atoms with Crippen molar-refractivity contribution in [2.45, 2.75) is 6.54 Å². The Morgan fingerprint density at radius 1 is 1.17 bits per heavy atom. The van der Waals surface area contributed by atoms with Gasteiger partial charge in [-0.2, -0.15) is 4.68 Å². The van der Waals surface area contributed by atoms with Crippen molar-refractivity contribution in [2.24, 2.45) is 0 Å². The Kier molecular flexibility index (Phi) is 5.50. The molecule has 0 bridgehead atoms. The number of hydrogen-bond acceptors (Lipinski definition) is 6. The predicted molar refractivity (Wildman–Crippen MR) is 100 cm³/mol. The molecule has 10 nitrogen and oxygen atoms in total. The highest BCUT2D eigenvalue weighted by molar-refractivity contribution is 6.30. The summed E-state index contributed by atoms with van der Waals surface area (Å²) in [5.74, 6) is -2.16. The van der Waals surface area contributed by atoms with E-state index in [2.05, 4.69) is 10.4 Å². The minimum Gasteiger partial charge on any atom is -0.358 e. The Morgan fingerprint density at radius 2 is 1.93 bits per heavy atom. The van der Waals surface area contributed by atoms with Crippen molar-refractivity contribution in [3.63, 3.8) is 0 Å². The Hall–Kier alpha value is -3.86. The van der Waals surface area contributed by atoms with Crippen LogP contribution in [0.5, 0.6) is 0 Å². The van der Waals surface area contributed by atoms with Gasteiger partial charge in [0.15, 0.2) is 0 Å². The molecule has 0 aliphatic rings. The number of aromatic nitrogens is 2. The van der Waals surface area contributed by atoms with Crippen molar-refractivity contribution in [1.82, 2.24) is 9.78 Å². The molecule has 12 heteroatoms. The summed E-state index contributed by atoms with van der Waals surface area (Å²) >= 11 is 5.68. The van der Waals surface area contributed by atoms with Crippen LogP contribution in [0.2, 0.25) is 5.02 Å². The minimum absolute atomic E-state index is 0.0505. The van der Waals surface area contributed by atoms with Gasteiger partial charge in [0, 0.05) is 10.6 Å². The lowest BCUT2D eigenvalue weighted by Crippen LogP contribution is -2.13. The number of benzene rings is 2. The highest BCUT2D eigenvalue weighted by atomic mass is 35.5. The van der Waals surface area contributed by atoms with Gasteiger partial charge < -0.3 is 15.4 Å². The number of carbonyl (C=O) groups excluding carboxylic acids is 1. The lowest BCUT2D eigenvalue weighted by molar-refractivity contribution is -0.424. The van der Waals surface area contributed by atoms with Crippen LogP contribution >= 0.6 is 11.6 Å². The maximum atomic E-state index is 13.8. The molecule has 1 amide bonds. The lowest BCUT2D eigenvalue weighted by atomic mass is 10.1. The standard InChI is InChI=1S/C17H11ClFN5O5/c18-12-4-5-14(13(19)7-12)20-17(25)11-3-1-2-10(6-11)8-22-9-15(23(26)27)16(21-22)24(28)29/h1-7,9H,8H2,(H,20,25). The number of carbonyl (C=O) groups is 1. The Bertz CT molecular complexity index is 1100. The van der Waals surface area contributed by atoms with E-state index in [1.54, 1.807) is 12.1 Å². The van der Waals surface area contributed by atoms with E-state index in [0.717, 1.165) is 16.9 Å². The van der Waals surface area contributed by atoms with Crippen molar-refractivity contribution in [2.75, 3.05) is 5.32 Å². The normalized spacial score (nSPS) is 10.6. The highest BCUT2D eigenvalue weighted by Crippen LogP contribution is 2.25. The second-order valence-corrected chi connectivity index (χ2v) is 6.26. The quantitative estimate of drug-likeness (QED) is 0.477. The molecule has 0 aliphatic carbocycles. The first-order valence-electron chi connectivity index (χ1n) is 7.96. The average Bonchev–Trinajstić information content (AvgIpc) is 3.08. The Morgan fingerprint density at radius 3 is 2.55 bits per heavy atom. The Balaban J connectivity index is 1.81. The van der Waals surface area contributed by atoms with Gasteiger partial charge in [-0.15, -0.1) is 0 Å². The number of hydrogen-bond donors (Lipinski definition) is 1. The number of anilines is 1. The van der Waals surface area contributed by atoms with Crippen LogP contribution in [-0.4, -0.2) is 25.5 Å². The van der Waals surface area contributed by atoms with Gasteiger partial charge in [-0.05, 0) is 40.8 Å². The first-order valence-corrected chi connectivity index (χ1v) is 8.34. The molecular formula is C17H11ClFN5O5. The molecule has 0 spiro atoms. The van der Waals surface area contributed by atoms with Crippen molar-refractivity contribution in [1.29, 1.82) is 0 Å². The molecule has 0 fully saturated rings. The van der Waals surface area contributed by atoms with Crippen LogP contribution in [0.4, 0.5) is 21.6 Å². The van der Waals surface area contributed by atoms with Gasteiger partial charge >= 0.3 is 11.5 Å². The van der Waals surface area contributed by atoms with Crippen LogP contribution in [0, 0.1) is 26.0 Å². The molecule has 1 N–H and O–H groups in total. The molecule has 148 valence electrons. The third-order valence-electron chi connectivity index (χ3n) is 3.81. The molecule has 2 aromatic carbocycles. The first kappa shape index (κ1) is 19.9. The second-order valence-electron chi connectivity index (χ2n) is 5.83. The molecule has 0 atom stereocenters. The summed E-state index contributed by atoms with van der Waals surface area (Å²) in [6.07, 6.45) is 0.938. The SMILES string of the molecule is O=C(Nc1ccc(Cl)cc1F)c1cccc(Cn2cc([N+](=O)[O-])c([N+](=O)[O-])n2)c1. The highest BCUT2D eigenvalue weighted by Gasteiger charge is 2.30. The van der Waals surface area contributed by atoms with Gasteiger partial charge in [-0.1, -0.05) is 23.7 Å². The van der Waals surface area contributed by atoms with E-state index in [0.29, 0.717) is 5.56 Å². The molecule has 1 aromatic heterocycles. The molecule has 0 radical (unpaired) electrons. The van der Waals surface area contributed by atoms with Crippen LogP contribution in [0.15, 0.2) is 48.7 Å². The van der Waals surface area contributed by atoms with E-state index in [1.165, 1.54) is 24.3 Å². The summed E-state index contributed by atoms with van der Waals surface area (Å²) in [5.41, 5.74) is -0.0974. The zero-order chi connectivity index (χ0) is 21.1. The third kappa shape index (κ3) is 4.52. The van der Waals surface area contributed by atoms with Crippen LogP contribution < -0.4 is 5.32 Å². The van der Waals surface area contributed by atoms with E-state index in [9.17, 15) is 29.4 Å². The number of nitrogens with zero attached hydrogens (tertiary/aromatic N) is 4. The number of amides is 1. The minimum atomic E-state index is -0.945. The summed E-state index contributed by atoms with van der Waals surface area (Å²) in [6, 6.07) is 9.91. The van der Waals surface area contributed by atoms with Crippen molar-refractivity contribution >= 4 is 34.7 Å². The summed E-state index contributed by atoms with van der Waals surface area (Å²) in [6.45, 7) is -0.0505. The molecule has 1 heterocycles. The third-order valence-corrected chi connectivity index (χ3v) is 4.04. The summed E-state index contributed by atoms with van der Waals surface area (Å²) in [7, 11) is 0. The van der Waals surface area contributed by atoms with Gasteiger partial charge in [0.25, 0.3) is 5.91 Å². The summed E-state index contributed by atoms with van der Waals surface area (Å²) < 4.78 is 14.9. The fourth-order valence-electron chi connectivity index (χ4n) is 2.52. The maximum absolute atomic E-state index is 13.8. The zero-order valence-corrected chi connectivity index (χ0v) is 15.2. The molecular weight excluding hydrogens is 409 g/mol. The van der Waals surface area contributed by atoms with E-state index in [4.69, 9.17) is 11.6 Å². The molecule has 0 saturated carbocycles. The van der Waals surface area contributed by atoms with Crippen molar-refractivity contribution in [3.8, 4) is 0 Å². The summed E-state index contributed by atoms with van der Waals surface area (Å²) in [5, 5.41) is 28.0. The number of rotatable bonds is 6. The predicted octanol–water partition coefficient (Wildman–Crippen LogP) is 3.79. The maximum Gasteiger partial charge on any atom is 0.467 e. The average molecular weight is 420 g/mol. The van der Waals surface area contributed by atoms with E-state index in [1.807, 2.05) is 0 Å². The fourth-order valence-corrected chi connectivity index (χ4v) is 2.68. The van der Waals surface area contributed by atoms with Crippen LogP contribution in [0.25, 0.3) is 0 Å². The number of halogens is 2. The number of nitrogens with one attached hydrogen (secondary N) is 1. The van der Waals surface area contributed by atoms with Gasteiger partial charge in [-0.25, -0.2) is 4.39 Å². The summed E-state index contributed by atoms with van der Waals surface area (Å²) in [4.78, 5) is 32.3. The molecule has 3 aromatic rings. The van der Waals surface area contributed by atoms with E-state index < -0.39 is 33.1 Å². The van der Waals surface area contributed by atoms with E-state index in [-0.39, 0.29) is 22.8 Å². The Labute approximate surface area is 166 Å². The molecule has 0 saturated heterocycles. The molecule has 0 unspecified atom stereocenters. The van der Waals surface area contributed by atoms with E-state index >= 15 is 0 Å². The van der Waals surface area contributed by atoms with Crippen molar-refractivity contribution in [3.05, 3.63) is 90.9 Å². The monoisotopic (exact) mass is 419 g/mol. The molecule has 29 heavy (non-hydrogen) atoms. The van der Waals surface area contributed by atoms with Gasteiger partial charge in [0.1, 0.15) is 12.0 Å². The van der Waals surface area contributed by atoms with Crippen LogP contribution in [0.1, 0.15) is 15.9 Å². The van der Waals surface area contributed by atoms with Gasteiger partial charge in [0.2, 0.25) is 0 Å². The largest absolute Gasteiger partial charge is 0.467 e. The lowest BCUT2D eigenvalue weighted by Gasteiger charge is -2.08. The number of nitro groups is 2. The molecule has 3 rings (SSSR count). The zero-order valence-electron chi connectivity index (χ0n) is 14.4. The first-order chi connectivity index (χ1) is 13.7. The van der Waals surface area contributed by atoms with Gasteiger partial charge in [0.05, 0.1) is 22.3 Å².